The summed E-state index contributed by atoms with van der Waals surface area (Å²) >= 11 is 0. The van der Waals surface area contributed by atoms with Gasteiger partial charge in [0.1, 0.15) is 6.04 Å². The van der Waals surface area contributed by atoms with Crippen LogP contribution in [-0.2, 0) is 0 Å². The van der Waals surface area contributed by atoms with E-state index in [2.05, 4.69) is 77.0 Å². The van der Waals surface area contributed by atoms with E-state index >= 15 is 0 Å². The summed E-state index contributed by atoms with van der Waals surface area (Å²) in [5, 5.41) is 6.89. The molecule has 0 radical (unpaired) electrons. The van der Waals surface area contributed by atoms with Gasteiger partial charge in [-0.15, -0.1) is 0 Å². The molecule has 4 nitrogen and oxygen atoms in total. The molecule has 1 aromatic heterocycles. The number of aromatic nitrogens is 1. The molecule has 0 aliphatic carbocycles. The maximum absolute atomic E-state index is 11.9. The minimum atomic E-state index is -0.418. The first-order valence-corrected chi connectivity index (χ1v) is 11.0. The van der Waals surface area contributed by atoms with E-state index in [1.807, 2.05) is 19.1 Å². The van der Waals surface area contributed by atoms with E-state index in [9.17, 15) is 4.91 Å². The molecule has 0 amide bonds. The molecular weight excluding hydrogens is 382 g/mol. The van der Waals surface area contributed by atoms with Crippen molar-refractivity contribution in [3.8, 4) is 0 Å². The first-order chi connectivity index (χ1) is 15.2. The quantitative estimate of drug-likeness (QED) is 0.478. The van der Waals surface area contributed by atoms with Gasteiger partial charge in [0.05, 0.1) is 0 Å². The van der Waals surface area contributed by atoms with E-state index in [1.54, 1.807) is 6.20 Å². The van der Waals surface area contributed by atoms with E-state index < -0.39 is 6.04 Å². The van der Waals surface area contributed by atoms with Gasteiger partial charge in [-0.05, 0) is 78.8 Å². The summed E-state index contributed by atoms with van der Waals surface area (Å²) in [5.41, 5.74) is 8.20. The van der Waals surface area contributed by atoms with Crippen LogP contribution in [0.15, 0.2) is 78.1 Å². The van der Waals surface area contributed by atoms with Crippen molar-refractivity contribution in [3.05, 3.63) is 111 Å². The van der Waals surface area contributed by atoms with Crippen molar-refractivity contribution < 1.29 is 0 Å². The van der Waals surface area contributed by atoms with Crippen LogP contribution < -0.4 is 5.32 Å². The first-order valence-electron chi connectivity index (χ1n) is 11.0. The second-order valence-corrected chi connectivity index (χ2v) is 8.30. The Kier molecular flexibility index (Phi) is 6.68. The normalized spacial score (nSPS) is 15.7. The Labute approximate surface area is 184 Å². The third-order valence-electron chi connectivity index (χ3n) is 6.20. The zero-order chi connectivity index (χ0) is 21.6. The van der Waals surface area contributed by atoms with E-state index in [0.717, 1.165) is 30.8 Å². The molecule has 3 aromatic rings. The van der Waals surface area contributed by atoms with E-state index in [-0.39, 0.29) is 5.92 Å². The molecule has 0 fully saturated rings. The minimum absolute atomic E-state index is 0.0911. The maximum atomic E-state index is 11.9. The summed E-state index contributed by atoms with van der Waals surface area (Å²) in [6.07, 6.45) is 5.71. The third-order valence-corrected chi connectivity index (χ3v) is 6.20. The monoisotopic (exact) mass is 411 g/mol. The van der Waals surface area contributed by atoms with Gasteiger partial charge in [0, 0.05) is 24.4 Å². The molecule has 0 bridgehead atoms. The highest BCUT2D eigenvalue weighted by Crippen LogP contribution is 2.37. The maximum Gasteiger partial charge on any atom is 0.118 e. The number of nitrogens with zero attached hydrogens (tertiary/aromatic N) is 2. The van der Waals surface area contributed by atoms with Crippen LogP contribution in [0.1, 0.15) is 58.3 Å². The summed E-state index contributed by atoms with van der Waals surface area (Å²) < 4.78 is 0. The number of hydrogen-bond acceptors (Lipinski definition) is 4. The predicted molar refractivity (Wildman–Crippen MR) is 127 cm³/mol. The zero-order valence-corrected chi connectivity index (χ0v) is 18.2. The molecule has 1 aliphatic heterocycles. The number of rotatable bonds is 7. The van der Waals surface area contributed by atoms with Gasteiger partial charge in [0.15, 0.2) is 0 Å². The topological polar surface area (TPSA) is 54.4 Å². The zero-order valence-electron chi connectivity index (χ0n) is 18.2. The minimum Gasteiger partial charge on any atom is -0.313 e. The number of nitrogens with one attached hydrogen (secondary N) is 1. The Balaban J connectivity index is 1.68. The van der Waals surface area contributed by atoms with Crippen LogP contribution in [0.2, 0.25) is 0 Å². The number of hydrogen-bond donors (Lipinski definition) is 1. The lowest BCUT2D eigenvalue weighted by Crippen LogP contribution is -2.20. The van der Waals surface area contributed by atoms with Gasteiger partial charge < -0.3 is 5.32 Å². The van der Waals surface area contributed by atoms with Crippen molar-refractivity contribution in [2.24, 2.45) is 5.18 Å². The van der Waals surface area contributed by atoms with Crippen LogP contribution in [0.25, 0.3) is 5.57 Å². The molecular formula is C27H29N3O. The molecule has 0 saturated heterocycles. The number of pyridine rings is 1. The Hall–Kier alpha value is -3.11. The fourth-order valence-electron chi connectivity index (χ4n) is 4.47. The highest BCUT2D eigenvalue weighted by Gasteiger charge is 2.23. The van der Waals surface area contributed by atoms with Crippen molar-refractivity contribution >= 4 is 5.57 Å². The van der Waals surface area contributed by atoms with Crippen LogP contribution in [-0.4, -0.2) is 18.1 Å². The van der Waals surface area contributed by atoms with Gasteiger partial charge in [-0.25, -0.2) is 0 Å². The van der Waals surface area contributed by atoms with Crippen LogP contribution in [0.5, 0.6) is 0 Å². The summed E-state index contributed by atoms with van der Waals surface area (Å²) in [6.45, 7) is 6.03. The second kappa shape index (κ2) is 9.80. The van der Waals surface area contributed by atoms with Gasteiger partial charge in [0.25, 0.3) is 0 Å². The first kappa shape index (κ1) is 21.1. The molecule has 2 atom stereocenters. The Morgan fingerprint density at radius 2 is 1.84 bits per heavy atom. The predicted octanol–water partition coefficient (Wildman–Crippen LogP) is 6.10. The molecule has 0 spiro atoms. The lowest BCUT2D eigenvalue weighted by Gasteiger charge is -2.23. The SMILES string of the molecule is Cc1cc(C(CC(c2ccc(C3=CCNCC3)cc2)c2ccccc2C)N=O)ccn1. The van der Waals surface area contributed by atoms with Gasteiger partial charge >= 0.3 is 0 Å². The van der Waals surface area contributed by atoms with Gasteiger partial charge in [-0.2, -0.15) is 4.91 Å². The van der Waals surface area contributed by atoms with Crippen LogP contribution in [0, 0.1) is 18.8 Å². The van der Waals surface area contributed by atoms with E-state index in [0.29, 0.717) is 6.42 Å². The van der Waals surface area contributed by atoms with E-state index in [4.69, 9.17) is 0 Å². The van der Waals surface area contributed by atoms with Crippen LogP contribution in [0.4, 0.5) is 0 Å². The highest BCUT2D eigenvalue weighted by molar-refractivity contribution is 5.67. The van der Waals surface area contributed by atoms with Crippen molar-refractivity contribution in [1.29, 1.82) is 0 Å². The third kappa shape index (κ3) is 4.97. The summed E-state index contributed by atoms with van der Waals surface area (Å²) in [6, 6.07) is 20.8. The Morgan fingerprint density at radius 3 is 2.52 bits per heavy atom. The Bertz CT molecular complexity index is 1070. The average molecular weight is 412 g/mol. The van der Waals surface area contributed by atoms with Gasteiger partial charge in [-0.3, -0.25) is 4.98 Å². The highest BCUT2D eigenvalue weighted by atomic mass is 16.3. The summed E-state index contributed by atoms with van der Waals surface area (Å²) in [5.74, 6) is 0.0911. The van der Waals surface area contributed by atoms with Crippen LogP contribution >= 0.6 is 0 Å². The Morgan fingerprint density at radius 1 is 1.03 bits per heavy atom. The summed E-state index contributed by atoms with van der Waals surface area (Å²) in [7, 11) is 0. The molecule has 2 aromatic carbocycles. The molecule has 158 valence electrons. The smallest absolute Gasteiger partial charge is 0.118 e. The van der Waals surface area contributed by atoms with Crippen molar-refractivity contribution in [3.63, 3.8) is 0 Å². The van der Waals surface area contributed by atoms with Gasteiger partial charge in [0.2, 0.25) is 0 Å². The standard InChI is InChI=1S/C27H29N3O/c1-19-5-3-4-6-25(19)26(18-27(30-31)24-13-16-29-20(2)17-24)23-9-7-21(8-10-23)22-11-14-28-15-12-22/h3-11,13,16-17,26-28H,12,14-15,18H2,1-2H3. The molecule has 31 heavy (non-hydrogen) atoms. The van der Waals surface area contributed by atoms with Crippen molar-refractivity contribution in [1.82, 2.24) is 10.3 Å². The molecule has 4 rings (SSSR count). The number of benzene rings is 2. The average Bonchev–Trinajstić information content (AvgIpc) is 2.81. The molecule has 1 aliphatic rings. The van der Waals surface area contributed by atoms with Crippen molar-refractivity contribution in [2.75, 3.05) is 13.1 Å². The molecule has 2 unspecified atom stereocenters. The number of nitroso groups, excluding NO2 is 1. The molecule has 4 heteroatoms. The lowest BCUT2D eigenvalue weighted by molar-refractivity contribution is 0.591. The summed E-state index contributed by atoms with van der Waals surface area (Å²) in [4.78, 5) is 16.1. The van der Waals surface area contributed by atoms with Gasteiger partial charge in [-0.1, -0.05) is 59.8 Å². The fraction of sp³-hybridized carbons (Fsp3) is 0.296. The molecule has 0 saturated carbocycles. The number of aryl methyl sites for hydroxylation is 2. The van der Waals surface area contributed by atoms with E-state index in [1.165, 1.54) is 27.8 Å². The molecule has 2 heterocycles. The fourth-order valence-corrected chi connectivity index (χ4v) is 4.47. The second-order valence-electron chi connectivity index (χ2n) is 8.30. The van der Waals surface area contributed by atoms with Crippen molar-refractivity contribution in [2.45, 2.75) is 38.6 Å². The lowest BCUT2D eigenvalue weighted by atomic mass is 9.82. The molecule has 1 N–H and O–H groups in total. The van der Waals surface area contributed by atoms with Crippen LogP contribution in [0.3, 0.4) is 0 Å². The largest absolute Gasteiger partial charge is 0.313 e.